The van der Waals surface area contributed by atoms with Gasteiger partial charge in [-0.05, 0) is 0 Å². The van der Waals surface area contributed by atoms with Gasteiger partial charge in [0.1, 0.15) is 5.52 Å². The van der Waals surface area contributed by atoms with Gasteiger partial charge in [-0.3, -0.25) is 25.2 Å². The fourth-order valence-corrected chi connectivity index (χ4v) is 1.72. The van der Waals surface area contributed by atoms with E-state index in [0.717, 1.165) is 6.07 Å². The van der Waals surface area contributed by atoms with E-state index < -0.39 is 26.9 Å². The van der Waals surface area contributed by atoms with Gasteiger partial charge in [0.05, 0.1) is 15.4 Å². The standard InChI is InChI=1S/C8H7N5O5/c1-9-6-4(12(15)16)2-3-5(7(6)13(17)18)11-8(14)10-3/h2,9H,1H3,(H2,10,11,14). The fraction of sp³-hybridized carbons (Fsp3) is 0.125. The molecule has 0 aliphatic heterocycles. The van der Waals surface area contributed by atoms with Gasteiger partial charge in [0, 0.05) is 13.1 Å². The van der Waals surface area contributed by atoms with Crippen molar-refractivity contribution in [3.05, 3.63) is 36.8 Å². The van der Waals surface area contributed by atoms with Gasteiger partial charge in [-0.2, -0.15) is 0 Å². The van der Waals surface area contributed by atoms with E-state index >= 15 is 0 Å². The van der Waals surface area contributed by atoms with E-state index in [-0.39, 0.29) is 16.7 Å². The van der Waals surface area contributed by atoms with Crippen molar-refractivity contribution in [3.63, 3.8) is 0 Å². The van der Waals surface area contributed by atoms with Crippen molar-refractivity contribution in [1.82, 2.24) is 9.97 Å². The molecule has 0 fully saturated rings. The van der Waals surface area contributed by atoms with Crippen LogP contribution in [0.15, 0.2) is 10.9 Å². The second-order valence-corrected chi connectivity index (χ2v) is 3.39. The van der Waals surface area contributed by atoms with Crippen LogP contribution in [0.4, 0.5) is 17.1 Å². The summed E-state index contributed by atoms with van der Waals surface area (Å²) < 4.78 is 0. The highest BCUT2D eigenvalue weighted by atomic mass is 16.6. The molecule has 0 saturated carbocycles. The number of nitro benzene ring substituents is 2. The number of nitrogens with zero attached hydrogens (tertiary/aromatic N) is 2. The highest BCUT2D eigenvalue weighted by Gasteiger charge is 2.29. The van der Waals surface area contributed by atoms with Crippen molar-refractivity contribution >= 4 is 28.1 Å². The van der Waals surface area contributed by atoms with Crippen LogP contribution in [0.1, 0.15) is 0 Å². The lowest BCUT2D eigenvalue weighted by atomic mass is 10.2. The van der Waals surface area contributed by atoms with Gasteiger partial charge in [0.25, 0.3) is 0 Å². The largest absolute Gasteiger partial charge is 0.377 e. The highest BCUT2D eigenvalue weighted by Crippen LogP contribution is 2.38. The number of rotatable bonds is 3. The lowest BCUT2D eigenvalue weighted by Crippen LogP contribution is -2.02. The first-order valence-electron chi connectivity index (χ1n) is 4.71. The van der Waals surface area contributed by atoms with Crippen LogP contribution in [0.2, 0.25) is 0 Å². The Balaban J connectivity index is 3.00. The maximum atomic E-state index is 11.1. The van der Waals surface area contributed by atoms with Gasteiger partial charge in [0.15, 0.2) is 5.69 Å². The molecule has 0 aliphatic carbocycles. The molecule has 0 amide bonds. The first-order valence-corrected chi connectivity index (χ1v) is 4.71. The van der Waals surface area contributed by atoms with Crippen LogP contribution in [0.25, 0.3) is 11.0 Å². The van der Waals surface area contributed by atoms with Crippen molar-refractivity contribution in [1.29, 1.82) is 0 Å². The molecule has 0 saturated heterocycles. The predicted octanol–water partition coefficient (Wildman–Crippen LogP) is 0.714. The minimum atomic E-state index is -0.787. The van der Waals surface area contributed by atoms with Crippen LogP contribution in [-0.2, 0) is 0 Å². The van der Waals surface area contributed by atoms with E-state index in [1.165, 1.54) is 7.05 Å². The number of nitro groups is 2. The molecular weight excluding hydrogens is 246 g/mol. The maximum absolute atomic E-state index is 11.1. The summed E-state index contributed by atoms with van der Waals surface area (Å²) in [5, 5.41) is 24.2. The Morgan fingerprint density at radius 2 is 1.89 bits per heavy atom. The van der Waals surface area contributed by atoms with Crippen LogP contribution in [0.3, 0.4) is 0 Å². The number of nitrogens with one attached hydrogen (secondary N) is 3. The maximum Gasteiger partial charge on any atom is 0.324 e. The van der Waals surface area contributed by atoms with E-state index in [1.54, 1.807) is 0 Å². The summed E-state index contributed by atoms with van der Waals surface area (Å²) in [6, 6.07) is 1.06. The van der Waals surface area contributed by atoms with Crippen molar-refractivity contribution in [3.8, 4) is 0 Å². The van der Waals surface area contributed by atoms with Crippen LogP contribution in [-0.4, -0.2) is 26.9 Å². The topological polar surface area (TPSA) is 147 Å². The number of hydrogen-bond donors (Lipinski definition) is 3. The Morgan fingerprint density at radius 1 is 1.22 bits per heavy atom. The van der Waals surface area contributed by atoms with Gasteiger partial charge in [-0.1, -0.05) is 0 Å². The number of aromatic nitrogens is 2. The molecule has 0 radical (unpaired) electrons. The molecule has 0 aliphatic rings. The Kier molecular flexibility index (Phi) is 2.47. The number of aromatic amines is 2. The number of anilines is 1. The molecule has 2 rings (SSSR count). The quantitative estimate of drug-likeness (QED) is 0.542. The number of imidazole rings is 1. The molecule has 0 atom stereocenters. The molecule has 94 valence electrons. The van der Waals surface area contributed by atoms with E-state index in [0.29, 0.717) is 0 Å². The minimum absolute atomic E-state index is 0.0115. The van der Waals surface area contributed by atoms with Crippen molar-refractivity contribution in [2.75, 3.05) is 12.4 Å². The Morgan fingerprint density at radius 3 is 2.39 bits per heavy atom. The van der Waals surface area contributed by atoms with Gasteiger partial charge in [-0.15, -0.1) is 0 Å². The minimum Gasteiger partial charge on any atom is -0.377 e. The van der Waals surface area contributed by atoms with E-state index in [2.05, 4.69) is 15.3 Å². The van der Waals surface area contributed by atoms with Gasteiger partial charge < -0.3 is 10.3 Å². The SMILES string of the molecule is CNc1c([N+](=O)[O-])cc2[nH]c(=O)[nH]c2c1[N+](=O)[O-]. The Labute approximate surface area is 97.9 Å². The molecule has 0 spiro atoms. The van der Waals surface area contributed by atoms with E-state index in [9.17, 15) is 25.0 Å². The smallest absolute Gasteiger partial charge is 0.324 e. The summed E-state index contributed by atoms with van der Waals surface area (Å²) in [5.41, 5.74) is -2.02. The molecule has 0 bridgehead atoms. The average molecular weight is 253 g/mol. The van der Waals surface area contributed by atoms with Crippen molar-refractivity contribution in [2.24, 2.45) is 0 Å². The van der Waals surface area contributed by atoms with E-state index in [1.807, 2.05) is 0 Å². The first kappa shape index (κ1) is 11.6. The third-order valence-corrected chi connectivity index (χ3v) is 2.40. The number of fused-ring (bicyclic) bond motifs is 1. The Bertz CT molecular complexity index is 714. The summed E-state index contributed by atoms with van der Waals surface area (Å²) in [7, 11) is 1.33. The highest BCUT2D eigenvalue weighted by molar-refractivity contribution is 5.96. The molecule has 2 aromatic rings. The number of H-pyrrole nitrogens is 2. The average Bonchev–Trinajstić information content (AvgIpc) is 2.65. The summed E-state index contributed by atoms with van der Waals surface area (Å²) in [4.78, 5) is 35.9. The third kappa shape index (κ3) is 1.55. The number of benzene rings is 1. The summed E-state index contributed by atoms with van der Waals surface area (Å²) >= 11 is 0. The van der Waals surface area contributed by atoms with Gasteiger partial charge >= 0.3 is 17.1 Å². The Hall–Kier alpha value is -2.91. The predicted molar refractivity (Wildman–Crippen MR) is 61.8 cm³/mol. The molecule has 1 heterocycles. The first-order chi connectivity index (χ1) is 8.45. The molecule has 10 heteroatoms. The summed E-state index contributed by atoms with van der Waals surface area (Å²) in [6.07, 6.45) is 0. The normalized spacial score (nSPS) is 10.5. The summed E-state index contributed by atoms with van der Waals surface area (Å²) in [6.45, 7) is 0. The van der Waals surface area contributed by atoms with Crippen molar-refractivity contribution in [2.45, 2.75) is 0 Å². The molecule has 10 nitrogen and oxygen atoms in total. The lowest BCUT2D eigenvalue weighted by Gasteiger charge is -2.03. The van der Waals surface area contributed by atoms with Crippen LogP contribution < -0.4 is 11.0 Å². The zero-order valence-electron chi connectivity index (χ0n) is 9.01. The van der Waals surface area contributed by atoms with Crippen molar-refractivity contribution < 1.29 is 9.85 Å². The van der Waals surface area contributed by atoms with Gasteiger partial charge in [0.2, 0.25) is 0 Å². The summed E-state index contributed by atoms with van der Waals surface area (Å²) in [5.74, 6) is 0. The van der Waals surface area contributed by atoms with Crippen LogP contribution in [0.5, 0.6) is 0 Å². The molecular formula is C8H7N5O5. The zero-order chi connectivity index (χ0) is 13.4. The van der Waals surface area contributed by atoms with Crippen LogP contribution in [0, 0.1) is 20.2 Å². The van der Waals surface area contributed by atoms with E-state index in [4.69, 9.17) is 0 Å². The fourth-order valence-electron chi connectivity index (χ4n) is 1.72. The monoisotopic (exact) mass is 253 g/mol. The number of hydrogen-bond acceptors (Lipinski definition) is 6. The molecule has 18 heavy (non-hydrogen) atoms. The second kappa shape index (κ2) is 3.84. The zero-order valence-corrected chi connectivity index (χ0v) is 9.01. The third-order valence-electron chi connectivity index (χ3n) is 2.40. The van der Waals surface area contributed by atoms with Gasteiger partial charge in [-0.25, -0.2) is 4.79 Å². The van der Waals surface area contributed by atoms with Crippen LogP contribution >= 0.6 is 0 Å². The second-order valence-electron chi connectivity index (χ2n) is 3.39. The molecule has 0 unspecified atom stereocenters. The molecule has 1 aromatic heterocycles. The molecule has 1 aromatic carbocycles. The lowest BCUT2D eigenvalue weighted by molar-refractivity contribution is -0.391. The molecule has 3 N–H and O–H groups in total.